The van der Waals surface area contributed by atoms with E-state index in [1.807, 2.05) is 49.0 Å². The highest BCUT2D eigenvalue weighted by Crippen LogP contribution is 2.23. The average Bonchev–Trinajstić information content (AvgIpc) is 2.83. The third-order valence-corrected chi connectivity index (χ3v) is 3.11. The van der Waals surface area contributed by atoms with Crippen molar-refractivity contribution >= 4 is 5.91 Å². The fraction of sp³-hybridized carbons (Fsp3) is 0.286. The van der Waals surface area contributed by atoms with Crippen LogP contribution in [0.2, 0.25) is 0 Å². The summed E-state index contributed by atoms with van der Waals surface area (Å²) in [6.07, 6.45) is 3.57. The van der Waals surface area contributed by atoms with Gasteiger partial charge in [0.15, 0.2) is 0 Å². The number of nitrogens with zero attached hydrogens (tertiary/aromatic N) is 2. The third kappa shape index (κ3) is 2.82. The number of carbonyl (C=O) groups excluding carboxylic acids is 1. The quantitative estimate of drug-likeness (QED) is 0.855. The zero-order valence-electron chi connectivity index (χ0n) is 11.1. The van der Waals surface area contributed by atoms with Gasteiger partial charge in [0.05, 0.1) is 6.54 Å². The Morgan fingerprint density at radius 2 is 2.21 bits per heavy atom. The summed E-state index contributed by atoms with van der Waals surface area (Å²) in [5, 5.41) is 2.92. The van der Waals surface area contributed by atoms with E-state index in [-0.39, 0.29) is 18.5 Å². The average molecular weight is 258 g/mol. The van der Waals surface area contributed by atoms with Crippen LogP contribution in [0.15, 0.2) is 36.7 Å². The Morgan fingerprint density at radius 3 is 2.79 bits per heavy atom. The van der Waals surface area contributed by atoms with Crippen molar-refractivity contribution in [2.24, 2.45) is 12.8 Å². The van der Waals surface area contributed by atoms with Crippen LogP contribution in [-0.2, 0) is 11.8 Å². The second-order valence-electron chi connectivity index (χ2n) is 4.46. The predicted octanol–water partition coefficient (Wildman–Crippen LogP) is 0.893. The maximum absolute atomic E-state index is 11.6. The van der Waals surface area contributed by atoms with Crippen molar-refractivity contribution < 1.29 is 4.79 Å². The molecule has 0 spiro atoms. The van der Waals surface area contributed by atoms with Crippen molar-refractivity contribution in [3.05, 3.63) is 53.6 Å². The molecule has 0 saturated carbocycles. The summed E-state index contributed by atoms with van der Waals surface area (Å²) in [6.45, 7) is 1.98. The van der Waals surface area contributed by atoms with E-state index in [0.717, 1.165) is 17.0 Å². The molecule has 0 saturated heterocycles. The molecule has 0 aliphatic heterocycles. The van der Waals surface area contributed by atoms with Crippen molar-refractivity contribution in [3.63, 3.8) is 0 Å². The lowest BCUT2D eigenvalue weighted by Crippen LogP contribution is -2.35. The molecule has 3 N–H and O–H groups in total. The molecule has 1 unspecified atom stereocenters. The molecule has 1 aromatic carbocycles. The van der Waals surface area contributed by atoms with Gasteiger partial charge in [-0.1, -0.05) is 24.3 Å². The second kappa shape index (κ2) is 5.67. The number of carbonyl (C=O) groups is 1. The van der Waals surface area contributed by atoms with Crippen molar-refractivity contribution in [1.82, 2.24) is 14.9 Å². The summed E-state index contributed by atoms with van der Waals surface area (Å²) in [5.74, 6) is 0.590. The summed E-state index contributed by atoms with van der Waals surface area (Å²) in [6, 6.07) is 7.65. The highest BCUT2D eigenvalue weighted by atomic mass is 16.1. The maximum atomic E-state index is 11.6. The van der Waals surface area contributed by atoms with E-state index in [2.05, 4.69) is 10.3 Å². The Bertz CT molecular complexity index is 576. The first kappa shape index (κ1) is 13.3. The summed E-state index contributed by atoms with van der Waals surface area (Å²) in [4.78, 5) is 16.0. The zero-order valence-corrected chi connectivity index (χ0v) is 11.1. The van der Waals surface area contributed by atoms with Gasteiger partial charge in [-0.05, 0) is 18.1 Å². The molecular formula is C14H18N4O. The smallest absolute Gasteiger partial charge is 0.234 e. The molecule has 1 aromatic heterocycles. The zero-order chi connectivity index (χ0) is 13.8. The predicted molar refractivity (Wildman–Crippen MR) is 73.4 cm³/mol. The minimum Gasteiger partial charge on any atom is -0.341 e. The van der Waals surface area contributed by atoms with Crippen LogP contribution in [0.4, 0.5) is 0 Å². The van der Waals surface area contributed by atoms with Gasteiger partial charge >= 0.3 is 0 Å². The van der Waals surface area contributed by atoms with Gasteiger partial charge < -0.3 is 15.6 Å². The minimum absolute atomic E-state index is 0.0349. The van der Waals surface area contributed by atoms with Gasteiger partial charge in [-0.2, -0.15) is 0 Å². The lowest BCUT2D eigenvalue weighted by atomic mass is 10.0. The van der Waals surface area contributed by atoms with Crippen LogP contribution in [0.3, 0.4) is 0 Å². The lowest BCUT2D eigenvalue weighted by molar-refractivity contribution is -0.120. The van der Waals surface area contributed by atoms with E-state index >= 15 is 0 Å². The number of nitrogens with one attached hydrogen (secondary N) is 1. The number of hydrogen-bond donors (Lipinski definition) is 2. The maximum Gasteiger partial charge on any atom is 0.234 e. The number of amides is 1. The Kier molecular flexibility index (Phi) is 3.97. The van der Waals surface area contributed by atoms with Gasteiger partial charge in [0.25, 0.3) is 0 Å². The van der Waals surface area contributed by atoms with E-state index in [1.165, 1.54) is 0 Å². The molecule has 0 aliphatic rings. The van der Waals surface area contributed by atoms with Crippen molar-refractivity contribution in [2.45, 2.75) is 13.0 Å². The molecule has 5 nitrogen and oxygen atoms in total. The normalized spacial score (nSPS) is 12.2. The van der Waals surface area contributed by atoms with Crippen molar-refractivity contribution in [1.29, 1.82) is 0 Å². The molecular weight excluding hydrogens is 240 g/mol. The van der Waals surface area contributed by atoms with Crippen molar-refractivity contribution in [3.8, 4) is 0 Å². The molecule has 0 radical (unpaired) electrons. The van der Waals surface area contributed by atoms with Crippen LogP contribution >= 0.6 is 0 Å². The van der Waals surface area contributed by atoms with E-state index < -0.39 is 0 Å². The van der Waals surface area contributed by atoms with Crippen LogP contribution in [0, 0.1) is 6.92 Å². The molecule has 1 amide bonds. The number of aryl methyl sites for hydroxylation is 2. The molecule has 19 heavy (non-hydrogen) atoms. The largest absolute Gasteiger partial charge is 0.341 e. The van der Waals surface area contributed by atoms with Crippen molar-refractivity contribution in [2.75, 3.05) is 6.54 Å². The second-order valence-corrected chi connectivity index (χ2v) is 4.46. The van der Waals surface area contributed by atoms with E-state index in [1.54, 1.807) is 6.20 Å². The molecule has 1 atom stereocenters. The molecule has 0 fully saturated rings. The number of aromatic nitrogens is 2. The van der Waals surface area contributed by atoms with Gasteiger partial charge in [0.2, 0.25) is 5.91 Å². The fourth-order valence-electron chi connectivity index (χ4n) is 2.07. The number of hydrogen-bond acceptors (Lipinski definition) is 3. The SMILES string of the molecule is Cc1ccccc1C(NC(=O)CN)c1nccn1C. The summed E-state index contributed by atoms with van der Waals surface area (Å²) in [7, 11) is 1.90. The standard InChI is InChI=1S/C14H18N4O/c1-10-5-3-4-6-11(10)13(17-12(19)9-15)14-16-7-8-18(14)2/h3-8,13H,9,15H2,1-2H3,(H,17,19). The Labute approximate surface area is 112 Å². The molecule has 100 valence electrons. The topological polar surface area (TPSA) is 72.9 Å². The number of nitrogens with two attached hydrogens (primary N) is 1. The van der Waals surface area contributed by atoms with Crippen LogP contribution in [0.5, 0.6) is 0 Å². The van der Waals surface area contributed by atoms with Gasteiger partial charge in [-0.25, -0.2) is 4.98 Å². The van der Waals surface area contributed by atoms with E-state index in [9.17, 15) is 4.79 Å². The van der Waals surface area contributed by atoms with Crippen LogP contribution in [-0.4, -0.2) is 22.0 Å². The summed E-state index contributed by atoms with van der Waals surface area (Å²) in [5.41, 5.74) is 7.52. The number of benzene rings is 1. The molecule has 1 heterocycles. The Balaban J connectivity index is 2.43. The molecule has 0 aliphatic carbocycles. The van der Waals surface area contributed by atoms with E-state index in [4.69, 9.17) is 5.73 Å². The van der Waals surface area contributed by atoms with Crippen LogP contribution in [0.1, 0.15) is 23.0 Å². The summed E-state index contributed by atoms with van der Waals surface area (Å²) >= 11 is 0. The first-order valence-electron chi connectivity index (χ1n) is 6.15. The Morgan fingerprint density at radius 1 is 1.47 bits per heavy atom. The molecule has 2 rings (SSSR count). The Hall–Kier alpha value is -2.14. The highest BCUT2D eigenvalue weighted by molar-refractivity contribution is 5.78. The monoisotopic (exact) mass is 258 g/mol. The summed E-state index contributed by atoms with van der Waals surface area (Å²) < 4.78 is 1.90. The van der Waals surface area contributed by atoms with E-state index in [0.29, 0.717) is 0 Å². The third-order valence-electron chi connectivity index (χ3n) is 3.11. The number of rotatable bonds is 4. The first-order chi connectivity index (χ1) is 9.13. The minimum atomic E-state index is -0.280. The van der Waals surface area contributed by atoms with Gasteiger partial charge in [-0.3, -0.25) is 4.79 Å². The number of imidazole rings is 1. The van der Waals surface area contributed by atoms with Gasteiger partial charge in [-0.15, -0.1) is 0 Å². The lowest BCUT2D eigenvalue weighted by Gasteiger charge is -2.20. The first-order valence-corrected chi connectivity index (χ1v) is 6.15. The van der Waals surface area contributed by atoms with Crippen LogP contribution < -0.4 is 11.1 Å². The van der Waals surface area contributed by atoms with Gasteiger partial charge in [0.1, 0.15) is 11.9 Å². The highest BCUT2D eigenvalue weighted by Gasteiger charge is 2.21. The fourth-order valence-corrected chi connectivity index (χ4v) is 2.07. The van der Waals surface area contributed by atoms with Gasteiger partial charge in [0, 0.05) is 19.4 Å². The van der Waals surface area contributed by atoms with Crippen LogP contribution in [0.25, 0.3) is 0 Å². The molecule has 0 bridgehead atoms. The molecule has 5 heteroatoms. The molecule has 2 aromatic rings.